The highest BCUT2D eigenvalue weighted by molar-refractivity contribution is 7.87. The Balaban J connectivity index is 1.61. The van der Waals surface area contributed by atoms with Gasteiger partial charge in [-0.15, -0.1) is 0 Å². The number of aryl methyl sites for hydroxylation is 2. The highest BCUT2D eigenvalue weighted by atomic mass is 32.2. The standard InChI is InChI=1S/C14H21N3O4S/c15-22(19,20)16-11-5-7-17(8-6-11)14(18)13-9-10-3-1-2-4-12(10)21-13/h9,11,16H,1-8H2,(H2,15,19,20). The zero-order chi connectivity index (χ0) is 15.7. The first-order chi connectivity index (χ1) is 10.4. The van der Waals surface area contributed by atoms with E-state index in [1.807, 2.05) is 6.07 Å². The van der Waals surface area contributed by atoms with E-state index in [2.05, 4.69) is 4.72 Å². The lowest BCUT2D eigenvalue weighted by Gasteiger charge is -2.31. The molecule has 2 aliphatic rings. The quantitative estimate of drug-likeness (QED) is 0.846. The minimum absolute atomic E-state index is 0.108. The Bertz CT molecular complexity index is 636. The van der Waals surface area contributed by atoms with Gasteiger partial charge >= 0.3 is 0 Å². The van der Waals surface area contributed by atoms with Gasteiger partial charge in [0, 0.05) is 25.6 Å². The number of carbonyl (C=O) groups is 1. The molecule has 0 bridgehead atoms. The van der Waals surface area contributed by atoms with Gasteiger partial charge in [-0.25, -0.2) is 5.14 Å². The second kappa shape index (κ2) is 6.02. The molecule has 1 aromatic heterocycles. The van der Waals surface area contributed by atoms with Crippen LogP contribution in [0.4, 0.5) is 0 Å². The molecule has 8 heteroatoms. The molecule has 7 nitrogen and oxygen atoms in total. The topological polar surface area (TPSA) is 106 Å². The molecule has 1 aliphatic carbocycles. The van der Waals surface area contributed by atoms with E-state index in [4.69, 9.17) is 9.56 Å². The van der Waals surface area contributed by atoms with Gasteiger partial charge in [-0.2, -0.15) is 13.1 Å². The summed E-state index contributed by atoms with van der Waals surface area (Å²) in [6, 6.07) is 1.66. The van der Waals surface area contributed by atoms with E-state index in [1.54, 1.807) is 4.90 Å². The number of piperidine rings is 1. The van der Waals surface area contributed by atoms with Gasteiger partial charge in [0.25, 0.3) is 16.1 Å². The third-order valence-electron chi connectivity index (χ3n) is 4.32. The average Bonchev–Trinajstić information content (AvgIpc) is 2.89. The van der Waals surface area contributed by atoms with Crippen LogP contribution in [0, 0.1) is 0 Å². The molecule has 1 saturated heterocycles. The van der Waals surface area contributed by atoms with Crippen molar-refractivity contribution in [2.24, 2.45) is 5.14 Å². The molecule has 0 spiro atoms. The number of likely N-dealkylation sites (tertiary alicyclic amines) is 1. The Hall–Kier alpha value is -1.38. The van der Waals surface area contributed by atoms with Crippen LogP contribution >= 0.6 is 0 Å². The maximum Gasteiger partial charge on any atom is 0.289 e. The van der Waals surface area contributed by atoms with Crippen molar-refractivity contribution in [3.05, 3.63) is 23.2 Å². The van der Waals surface area contributed by atoms with Crippen molar-refractivity contribution >= 4 is 16.1 Å². The lowest BCUT2D eigenvalue weighted by molar-refractivity contribution is 0.0677. The van der Waals surface area contributed by atoms with Crippen molar-refractivity contribution in [2.75, 3.05) is 13.1 Å². The van der Waals surface area contributed by atoms with E-state index in [9.17, 15) is 13.2 Å². The minimum Gasteiger partial charge on any atom is -0.456 e. The fourth-order valence-electron chi connectivity index (χ4n) is 3.18. The largest absolute Gasteiger partial charge is 0.456 e. The molecule has 1 amide bonds. The van der Waals surface area contributed by atoms with Crippen LogP contribution in [0.15, 0.2) is 10.5 Å². The molecule has 0 aromatic carbocycles. The smallest absolute Gasteiger partial charge is 0.289 e. The predicted molar refractivity (Wildman–Crippen MR) is 80.5 cm³/mol. The molecule has 3 rings (SSSR count). The zero-order valence-electron chi connectivity index (χ0n) is 12.4. The van der Waals surface area contributed by atoms with Crippen molar-refractivity contribution in [1.82, 2.24) is 9.62 Å². The fraction of sp³-hybridized carbons (Fsp3) is 0.643. The number of nitrogens with one attached hydrogen (secondary N) is 1. The number of hydrogen-bond donors (Lipinski definition) is 2. The third-order valence-corrected chi connectivity index (χ3v) is 4.98. The summed E-state index contributed by atoms with van der Waals surface area (Å²) in [4.78, 5) is 14.2. The lowest BCUT2D eigenvalue weighted by Crippen LogP contribution is -2.48. The second-order valence-electron chi connectivity index (χ2n) is 6.00. The third kappa shape index (κ3) is 3.50. The van der Waals surface area contributed by atoms with Crippen LogP contribution in [0.2, 0.25) is 0 Å². The fourth-order valence-corrected chi connectivity index (χ4v) is 3.88. The molecule has 2 heterocycles. The van der Waals surface area contributed by atoms with Gasteiger partial charge in [0.1, 0.15) is 5.76 Å². The first kappa shape index (κ1) is 15.5. The Morgan fingerprint density at radius 3 is 2.59 bits per heavy atom. The van der Waals surface area contributed by atoms with Gasteiger partial charge in [0.15, 0.2) is 5.76 Å². The summed E-state index contributed by atoms with van der Waals surface area (Å²) in [6.45, 7) is 0.995. The number of nitrogens with zero attached hydrogens (tertiary/aromatic N) is 1. The first-order valence-corrected chi connectivity index (χ1v) is 9.18. The van der Waals surface area contributed by atoms with Crippen molar-refractivity contribution < 1.29 is 17.6 Å². The molecular weight excluding hydrogens is 306 g/mol. The normalized spacial score (nSPS) is 20.0. The summed E-state index contributed by atoms with van der Waals surface area (Å²) in [5, 5.41) is 4.97. The van der Waals surface area contributed by atoms with E-state index in [0.29, 0.717) is 31.7 Å². The number of carbonyl (C=O) groups excluding carboxylic acids is 1. The first-order valence-electron chi connectivity index (χ1n) is 7.63. The van der Waals surface area contributed by atoms with Crippen LogP contribution in [-0.2, 0) is 23.1 Å². The number of furan rings is 1. The van der Waals surface area contributed by atoms with Gasteiger partial charge in [-0.05, 0) is 43.7 Å². The van der Waals surface area contributed by atoms with Gasteiger partial charge < -0.3 is 9.32 Å². The highest BCUT2D eigenvalue weighted by Gasteiger charge is 2.28. The number of nitrogens with two attached hydrogens (primary N) is 1. The van der Waals surface area contributed by atoms with Crippen molar-refractivity contribution in [1.29, 1.82) is 0 Å². The second-order valence-corrected chi connectivity index (χ2v) is 7.32. The molecule has 0 atom stereocenters. The SMILES string of the molecule is NS(=O)(=O)NC1CCN(C(=O)c2cc3c(o2)CCCC3)CC1. The number of amides is 1. The van der Waals surface area contributed by atoms with Crippen LogP contribution in [0.3, 0.4) is 0 Å². The van der Waals surface area contributed by atoms with E-state index < -0.39 is 10.2 Å². The summed E-state index contributed by atoms with van der Waals surface area (Å²) in [7, 11) is -3.69. The zero-order valence-corrected chi connectivity index (χ0v) is 13.2. The summed E-state index contributed by atoms with van der Waals surface area (Å²) in [5.41, 5.74) is 1.15. The molecule has 1 aliphatic heterocycles. The van der Waals surface area contributed by atoms with Gasteiger partial charge in [-0.1, -0.05) is 0 Å². The van der Waals surface area contributed by atoms with E-state index in [0.717, 1.165) is 37.0 Å². The Morgan fingerprint density at radius 1 is 1.27 bits per heavy atom. The number of fused-ring (bicyclic) bond motifs is 1. The van der Waals surface area contributed by atoms with Crippen LogP contribution in [0.5, 0.6) is 0 Å². The lowest BCUT2D eigenvalue weighted by atomic mass is 9.99. The van der Waals surface area contributed by atoms with Gasteiger partial charge in [0.05, 0.1) is 0 Å². The maximum atomic E-state index is 12.5. The number of rotatable bonds is 3. The molecule has 22 heavy (non-hydrogen) atoms. The maximum absolute atomic E-state index is 12.5. The average molecular weight is 327 g/mol. The van der Waals surface area contributed by atoms with Crippen molar-refractivity contribution in [2.45, 2.75) is 44.6 Å². The summed E-state index contributed by atoms with van der Waals surface area (Å²) < 4.78 is 30.1. The molecule has 3 N–H and O–H groups in total. The molecule has 0 saturated carbocycles. The van der Waals surface area contributed by atoms with Crippen molar-refractivity contribution in [3.8, 4) is 0 Å². The summed E-state index contributed by atoms with van der Waals surface area (Å²) in [6.07, 6.45) is 5.25. The minimum atomic E-state index is -3.69. The Morgan fingerprint density at radius 2 is 1.95 bits per heavy atom. The monoisotopic (exact) mass is 327 g/mol. The highest BCUT2D eigenvalue weighted by Crippen LogP contribution is 2.26. The van der Waals surface area contributed by atoms with E-state index >= 15 is 0 Å². The van der Waals surface area contributed by atoms with Gasteiger partial charge in [0.2, 0.25) is 0 Å². The molecule has 1 aromatic rings. The van der Waals surface area contributed by atoms with Crippen LogP contribution in [0.1, 0.15) is 47.6 Å². The number of hydrogen-bond acceptors (Lipinski definition) is 4. The molecule has 0 unspecified atom stereocenters. The predicted octanol–water partition coefficient (Wildman–Crippen LogP) is 0.556. The van der Waals surface area contributed by atoms with E-state index in [-0.39, 0.29) is 11.9 Å². The summed E-state index contributed by atoms with van der Waals surface area (Å²) >= 11 is 0. The van der Waals surface area contributed by atoms with Crippen LogP contribution < -0.4 is 9.86 Å². The van der Waals surface area contributed by atoms with Crippen LogP contribution in [-0.4, -0.2) is 38.4 Å². The van der Waals surface area contributed by atoms with Gasteiger partial charge in [-0.3, -0.25) is 4.79 Å². The summed E-state index contributed by atoms with van der Waals surface area (Å²) in [5.74, 6) is 1.24. The molecule has 1 fully saturated rings. The Labute approximate surface area is 130 Å². The van der Waals surface area contributed by atoms with E-state index in [1.165, 1.54) is 0 Å². The molecule has 0 radical (unpaired) electrons. The van der Waals surface area contributed by atoms with Crippen LogP contribution in [0.25, 0.3) is 0 Å². The molecular formula is C14H21N3O4S. The Kier molecular flexibility index (Phi) is 4.24. The molecule has 122 valence electrons. The van der Waals surface area contributed by atoms with Crippen molar-refractivity contribution in [3.63, 3.8) is 0 Å².